The van der Waals surface area contributed by atoms with E-state index in [4.69, 9.17) is 4.42 Å². The normalized spacial score (nSPS) is 11.3. The van der Waals surface area contributed by atoms with Gasteiger partial charge in [-0.2, -0.15) is 5.26 Å². The zero-order valence-corrected chi connectivity index (χ0v) is 24.0. The summed E-state index contributed by atoms with van der Waals surface area (Å²) in [6.07, 6.45) is 0. The average molecular weight is 558 g/mol. The lowest BCUT2D eigenvalue weighted by atomic mass is 9.83. The summed E-state index contributed by atoms with van der Waals surface area (Å²) in [7, 11) is 0. The van der Waals surface area contributed by atoms with Gasteiger partial charge in [0, 0.05) is 17.6 Å². The molecule has 7 heteroatoms. The molecule has 2 aromatic heterocycles. The van der Waals surface area contributed by atoms with E-state index in [1.54, 1.807) is 30.9 Å². The van der Waals surface area contributed by atoms with Gasteiger partial charge >= 0.3 is 5.97 Å². The Hall–Kier alpha value is -5.22. The molecule has 0 bridgehead atoms. The summed E-state index contributed by atoms with van der Waals surface area (Å²) in [5, 5.41) is 19.7. The van der Waals surface area contributed by atoms with E-state index in [9.17, 15) is 20.0 Å². The Kier molecular flexibility index (Phi) is 7.64. The molecule has 0 aliphatic carbocycles. The minimum Gasteiger partial charge on any atom is -0.481 e. The fraction of sp³-hybridized carbons (Fsp3) is 0.200. The van der Waals surface area contributed by atoms with Gasteiger partial charge in [0.05, 0.1) is 23.0 Å². The summed E-state index contributed by atoms with van der Waals surface area (Å²) in [6, 6.07) is 28.4. The van der Waals surface area contributed by atoms with E-state index in [-0.39, 0.29) is 18.2 Å². The number of carbonyl (C=O) groups is 2. The molecular formula is C35H31N3O4. The highest BCUT2D eigenvalue weighted by molar-refractivity contribution is 6.07. The monoisotopic (exact) mass is 557 g/mol. The van der Waals surface area contributed by atoms with Crippen LogP contribution >= 0.6 is 0 Å². The number of nitriles is 1. The molecule has 1 N–H and O–H groups in total. The van der Waals surface area contributed by atoms with Crippen molar-refractivity contribution < 1.29 is 19.1 Å². The Balaban J connectivity index is 1.49. The molecule has 0 saturated heterocycles. The molecule has 0 radical (unpaired) electrons. The minimum atomic E-state index is -1.01. The lowest BCUT2D eigenvalue weighted by Crippen LogP contribution is -2.31. The van der Waals surface area contributed by atoms with Gasteiger partial charge in [-0.3, -0.25) is 14.6 Å². The van der Waals surface area contributed by atoms with Crippen molar-refractivity contribution in [3.05, 3.63) is 124 Å². The van der Waals surface area contributed by atoms with Crippen LogP contribution in [0, 0.1) is 25.2 Å². The molecule has 5 aromatic rings. The number of hydrogen-bond donors (Lipinski definition) is 1. The van der Waals surface area contributed by atoms with Crippen LogP contribution in [-0.2, 0) is 23.3 Å². The van der Waals surface area contributed by atoms with Crippen molar-refractivity contribution in [2.24, 2.45) is 0 Å². The molecular weight excluding hydrogens is 526 g/mol. The predicted octanol–water partition coefficient (Wildman–Crippen LogP) is 7.19. The summed E-state index contributed by atoms with van der Waals surface area (Å²) in [4.78, 5) is 32.4. The fourth-order valence-electron chi connectivity index (χ4n) is 5.01. The molecule has 0 saturated carbocycles. The first-order chi connectivity index (χ1) is 20.1. The standard InChI is InChI=1S/C35H31N3O4/c1-22-23(2)37-31-11-6-5-10-30(31)32(22)33(39)38(21-29-17-16-28(19-36)42-29)20-24-12-14-25(15-13-24)26-8-7-9-27(18-26)35(3,4)34(40)41/h5-18H,20-21H2,1-4H3,(H,40,41). The number of hydrogen-bond acceptors (Lipinski definition) is 5. The van der Waals surface area contributed by atoms with Crippen LogP contribution in [0.4, 0.5) is 0 Å². The Bertz CT molecular complexity index is 1840. The van der Waals surface area contributed by atoms with E-state index < -0.39 is 11.4 Å². The smallest absolute Gasteiger partial charge is 0.313 e. The van der Waals surface area contributed by atoms with Crippen molar-refractivity contribution in [1.82, 2.24) is 9.88 Å². The molecule has 5 rings (SSSR count). The van der Waals surface area contributed by atoms with Crippen LogP contribution in [0.15, 0.2) is 89.3 Å². The Morgan fingerprint density at radius 3 is 2.36 bits per heavy atom. The lowest BCUT2D eigenvalue weighted by Gasteiger charge is -2.24. The van der Waals surface area contributed by atoms with Crippen molar-refractivity contribution in [3.8, 4) is 17.2 Å². The van der Waals surface area contributed by atoms with Crippen molar-refractivity contribution in [3.63, 3.8) is 0 Å². The topological polar surface area (TPSA) is 107 Å². The third kappa shape index (κ3) is 5.52. The summed E-state index contributed by atoms with van der Waals surface area (Å²) < 4.78 is 5.65. The first kappa shape index (κ1) is 28.3. The summed E-state index contributed by atoms with van der Waals surface area (Å²) in [5.74, 6) is -0.332. The number of aryl methyl sites for hydroxylation is 1. The zero-order chi connectivity index (χ0) is 30.0. The first-order valence-corrected chi connectivity index (χ1v) is 13.7. The molecule has 3 aromatic carbocycles. The van der Waals surface area contributed by atoms with E-state index in [2.05, 4.69) is 4.98 Å². The maximum absolute atomic E-state index is 14.2. The first-order valence-electron chi connectivity index (χ1n) is 13.7. The fourth-order valence-corrected chi connectivity index (χ4v) is 5.01. The Labute approximate surface area is 244 Å². The third-order valence-electron chi connectivity index (χ3n) is 7.78. The second-order valence-electron chi connectivity index (χ2n) is 11.0. The van der Waals surface area contributed by atoms with Gasteiger partial charge < -0.3 is 14.4 Å². The summed E-state index contributed by atoms with van der Waals surface area (Å²) >= 11 is 0. The van der Waals surface area contributed by atoms with E-state index in [0.717, 1.165) is 44.4 Å². The number of aliphatic carboxylic acids is 1. The Morgan fingerprint density at radius 1 is 0.929 bits per heavy atom. The number of carbonyl (C=O) groups excluding carboxylic acids is 1. The number of rotatable bonds is 8. The number of furan rings is 1. The second-order valence-corrected chi connectivity index (χ2v) is 11.0. The Morgan fingerprint density at radius 2 is 1.67 bits per heavy atom. The van der Waals surface area contributed by atoms with Gasteiger partial charge in [-0.1, -0.05) is 66.7 Å². The molecule has 0 atom stereocenters. The number of carboxylic acid groups (broad SMARTS) is 1. The minimum absolute atomic E-state index is 0.156. The molecule has 42 heavy (non-hydrogen) atoms. The quantitative estimate of drug-likeness (QED) is 0.216. The average Bonchev–Trinajstić information content (AvgIpc) is 3.45. The number of pyridine rings is 1. The van der Waals surface area contributed by atoms with Gasteiger partial charge in [0.25, 0.3) is 5.91 Å². The SMILES string of the molecule is Cc1nc2ccccc2c(C(=O)N(Cc2ccc(-c3cccc(C(C)(C)C(=O)O)c3)cc2)Cc2ccc(C#N)o2)c1C. The molecule has 0 aliphatic heterocycles. The maximum Gasteiger partial charge on any atom is 0.313 e. The van der Waals surface area contributed by atoms with E-state index in [1.807, 2.05) is 92.7 Å². The van der Waals surface area contributed by atoms with Crippen molar-refractivity contribution in [1.29, 1.82) is 5.26 Å². The molecule has 0 spiro atoms. The molecule has 0 unspecified atom stereocenters. The summed E-state index contributed by atoms with van der Waals surface area (Å²) in [5.41, 5.74) is 5.44. The molecule has 0 fully saturated rings. The highest BCUT2D eigenvalue weighted by atomic mass is 16.4. The van der Waals surface area contributed by atoms with E-state index in [1.165, 1.54) is 0 Å². The van der Waals surface area contributed by atoms with Gasteiger partial charge in [0.2, 0.25) is 5.76 Å². The van der Waals surface area contributed by atoms with E-state index >= 15 is 0 Å². The van der Waals surface area contributed by atoms with Crippen LogP contribution in [0.3, 0.4) is 0 Å². The molecule has 0 aliphatic rings. The number of nitrogens with zero attached hydrogens (tertiary/aromatic N) is 3. The van der Waals surface area contributed by atoms with Crippen molar-refractivity contribution in [2.75, 3.05) is 0 Å². The van der Waals surface area contributed by atoms with Crippen LogP contribution in [0.5, 0.6) is 0 Å². The van der Waals surface area contributed by atoms with Gasteiger partial charge in [0.15, 0.2) is 0 Å². The lowest BCUT2D eigenvalue weighted by molar-refractivity contribution is -0.142. The number of aromatic nitrogens is 1. The number of carboxylic acids is 1. The number of benzene rings is 3. The van der Waals surface area contributed by atoms with Crippen LogP contribution in [0.2, 0.25) is 0 Å². The van der Waals surface area contributed by atoms with E-state index in [0.29, 0.717) is 17.9 Å². The van der Waals surface area contributed by atoms with Crippen molar-refractivity contribution >= 4 is 22.8 Å². The molecule has 7 nitrogen and oxygen atoms in total. The molecule has 210 valence electrons. The van der Waals surface area contributed by atoms with Gasteiger partial charge in [-0.25, -0.2) is 0 Å². The van der Waals surface area contributed by atoms with Gasteiger partial charge in [-0.05, 0) is 73.7 Å². The second kappa shape index (κ2) is 11.3. The van der Waals surface area contributed by atoms with Gasteiger partial charge in [-0.15, -0.1) is 0 Å². The largest absolute Gasteiger partial charge is 0.481 e. The number of amides is 1. The van der Waals surface area contributed by atoms with Gasteiger partial charge in [0.1, 0.15) is 11.8 Å². The zero-order valence-electron chi connectivity index (χ0n) is 24.0. The van der Waals surface area contributed by atoms with Crippen LogP contribution in [0.1, 0.15) is 58.1 Å². The predicted molar refractivity (Wildman–Crippen MR) is 161 cm³/mol. The van der Waals surface area contributed by atoms with Crippen LogP contribution in [-0.4, -0.2) is 26.9 Å². The molecule has 1 amide bonds. The van der Waals surface area contributed by atoms with Crippen LogP contribution in [0.25, 0.3) is 22.0 Å². The highest BCUT2D eigenvalue weighted by Gasteiger charge is 2.29. The number of fused-ring (bicyclic) bond motifs is 1. The molecule has 2 heterocycles. The highest BCUT2D eigenvalue weighted by Crippen LogP contribution is 2.30. The van der Waals surface area contributed by atoms with Crippen molar-refractivity contribution in [2.45, 2.75) is 46.2 Å². The van der Waals surface area contributed by atoms with Crippen LogP contribution < -0.4 is 0 Å². The summed E-state index contributed by atoms with van der Waals surface area (Å²) in [6.45, 7) is 7.69. The maximum atomic E-state index is 14.2. The third-order valence-corrected chi connectivity index (χ3v) is 7.78. The number of para-hydroxylation sites is 1.